The molecule has 2 nitrogen and oxygen atoms in total. The lowest BCUT2D eigenvalue weighted by Gasteiger charge is -2.47. The maximum atomic E-state index is 10.2. The van der Waals surface area contributed by atoms with Crippen molar-refractivity contribution in [3.63, 3.8) is 0 Å². The fraction of sp³-hybridized carbons (Fsp3) is 0.750. The molecule has 1 aromatic rings. The molecule has 0 bridgehead atoms. The number of benzene rings is 1. The predicted octanol–water partition coefficient (Wildman–Crippen LogP) is 6.85. The van der Waals surface area contributed by atoms with Crippen LogP contribution in [0.2, 0.25) is 0 Å². The number of para-hydroxylation sites is 2. The van der Waals surface area contributed by atoms with Gasteiger partial charge in [0, 0.05) is 6.04 Å². The van der Waals surface area contributed by atoms with Crippen LogP contribution in [-0.4, -0.2) is 11.1 Å². The molecule has 0 radical (unpaired) electrons. The molecule has 26 heavy (non-hydrogen) atoms. The van der Waals surface area contributed by atoms with Crippen molar-refractivity contribution in [2.75, 3.05) is 5.32 Å². The number of hydrogen-bond donors (Lipinski definition) is 2. The van der Waals surface area contributed by atoms with E-state index in [0.717, 1.165) is 29.4 Å². The Kier molecular flexibility index (Phi) is 6.20. The van der Waals surface area contributed by atoms with Crippen molar-refractivity contribution < 1.29 is 5.11 Å². The molecule has 5 atom stereocenters. The topological polar surface area (TPSA) is 32.3 Å². The highest BCUT2D eigenvalue weighted by Gasteiger charge is 2.52. The summed E-state index contributed by atoms with van der Waals surface area (Å²) in [6.45, 7) is 9.77. The molecule has 146 valence electrons. The van der Waals surface area contributed by atoms with Crippen molar-refractivity contribution in [3.8, 4) is 5.75 Å². The maximum absolute atomic E-state index is 10.2. The third kappa shape index (κ3) is 4.05. The number of phenols is 1. The van der Waals surface area contributed by atoms with E-state index in [1.807, 2.05) is 18.2 Å². The molecule has 3 rings (SSSR count). The zero-order valence-electron chi connectivity index (χ0n) is 17.3. The van der Waals surface area contributed by atoms with E-state index < -0.39 is 0 Å². The van der Waals surface area contributed by atoms with Gasteiger partial charge in [-0.2, -0.15) is 0 Å². The molecule has 1 aromatic carbocycles. The van der Waals surface area contributed by atoms with Crippen LogP contribution in [0, 0.1) is 29.1 Å². The first-order valence-corrected chi connectivity index (χ1v) is 11.0. The van der Waals surface area contributed by atoms with Crippen LogP contribution >= 0.6 is 0 Å². The van der Waals surface area contributed by atoms with Crippen LogP contribution in [0.15, 0.2) is 24.3 Å². The monoisotopic (exact) mass is 357 g/mol. The first-order chi connectivity index (χ1) is 12.4. The Hall–Kier alpha value is -1.18. The smallest absolute Gasteiger partial charge is 0.138 e. The third-order valence-corrected chi connectivity index (χ3v) is 7.57. The molecule has 2 fully saturated rings. The van der Waals surface area contributed by atoms with E-state index in [2.05, 4.69) is 33.0 Å². The summed E-state index contributed by atoms with van der Waals surface area (Å²) in [5.41, 5.74) is 1.38. The van der Waals surface area contributed by atoms with Crippen LogP contribution in [0.5, 0.6) is 5.75 Å². The molecule has 2 aliphatic carbocycles. The zero-order valence-corrected chi connectivity index (χ0v) is 17.3. The van der Waals surface area contributed by atoms with Crippen molar-refractivity contribution in [3.05, 3.63) is 24.3 Å². The molecule has 2 saturated carbocycles. The zero-order chi connectivity index (χ0) is 18.7. The predicted molar refractivity (Wildman–Crippen MR) is 112 cm³/mol. The number of hydrogen-bond acceptors (Lipinski definition) is 2. The van der Waals surface area contributed by atoms with Gasteiger partial charge in [-0.15, -0.1) is 0 Å². The molecular formula is C24H39NO. The van der Waals surface area contributed by atoms with E-state index in [9.17, 15) is 5.11 Å². The molecule has 0 unspecified atom stereocenters. The quantitative estimate of drug-likeness (QED) is 0.523. The Morgan fingerprint density at radius 1 is 1.12 bits per heavy atom. The molecule has 0 amide bonds. The fourth-order valence-electron chi connectivity index (χ4n) is 6.18. The van der Waals surface area contributed by atoms with Crippen LogP contribution in [0.4, 0.5) is 5.69 Å². The van der Waals surface area contributed by atoms with Gasteiger partial charge in [0.2, 0.25) is 0 Å². The van der Waals surface area contributed by atoms with E-state index in [-0.39, 0.29) is 0 Å². The summed E-state index contributed by atoms with van der Waals surface area (Å²) in [7, 11) is 0. The summed E-state index contributed by atoms with van der Waals surface area (Å²) < 4.78 is 0. The number of nitrogens with one attached hydrogen (secondary N) is 1. The van der Waals surface area contributed by atoms with E-state index in [4.69, 9.17) is 0 Å². The van der Waals surface area contributed by atoms with Gasteiger partial charge in [0.25, 0.3) is 0 Å². The average molecular weight is 358 g/mol. The number of fused-ring (bicyclic) bond motifs is 1. The second-order valence-corrected chi connectivity index (χ2v) is 9.76. The lowest BCUT2D eigenvalue weighted by atomic mass is 9.60. The van der Waals surface area contributed by atoms with Crippen LogP contribution in [0.1, 0.15) is 79.1 Å². The standard InChI is InChI=1S/C24H39NO/c1-17(2)9-7-10-18(3)19-14-15-20-21(12-8-16-24(19,20)4)25-22-11-5-6-13-23(22)26/h5-6,11,13,17-21,25-26H,7-10,12,14-16H2,1-4H3/t18-,19-,20+,21+,24-/m1/s1. The van der Waals surface area contributed by atoms with Gasteiger partial charge in [-0.25, -0.2) is 0 Å². The van der Waals surface area contributed by atoms with Crippen molar-refractivity contribution >= 4 is 5.69 Å². The van der Waals surface area contributed by atoms with Gasteiger partial charge in [-0.1, -0.05) is 65.5 Å². The first-order valence-electron chi connectivity index (χ1n) is 11.0. The minimum Gasteiger partial charge on any atom is -0.506 e. The Balaban J connectivity index is 1.67. The van der Waals surface area contributed by atoms with Crippen LogP contribution in [0.25, 0.3) is 0 Å². The van der Waals surface area contributed by atoms with Gasteiger partial charge in [-0.3, -0.25) is 0 Å². The second-order valence-electron chi connectivity index (χ2n) is 9.76. The minimum absolute atomic E-state index is 0.386. The number of anilines is 1. The molecule has 0 saturated heterocycles. The van der Waals surface area contributed by atoms with Crippen molar-refractivity contribution in [2.24, 2.45) is 29.1 Å². The average Bonchev–Trinajstić information content (AvgIpc) is 2.94. The Morgan fingerprint density at radius 2 is 1.88 bits per heavy atom. The summed E-state index contributed by atoms with van der Waals surface area (Å²) >= 11 is 0. The summed E-state index contributed by atoms with van der Waals surface area (Å²) in [6.07, 6.45) is 10.8. The maximum Gasteiger partial charge on any atom is 0.138 e. The van der Waals surface area contributed by atoms with Crippen LogP contribution in [0.3, 0.4) is 0 Å². The highest BCUT2D eigenvalue weighted by molar-refractivity contribution is 5.56. The lowest BCUT2D eigenvalue weighted by molar-refractivity contribution is 0.0583. The van der Waals surface area contributed by atoms with Crippen LogP contribution < -0.4 is 5.32 Å². The summed E-state index contributed by atoms with van der Waals surface area (Å²) in [4.78, 5) is 0. The molecule has 2 aliphatic rings. The van der Waals surface area contributed by atoms with E-state index >= 15 is 0 Å². The van der Waals surface area contributed by atoms with Gasteiger partial charge in [0.1, 0.15) is 5.75 Å². The van der Waals surface area contributed by atoms with Gasteiger partial charge in [-0.05, 0) is 66.9 Å². The largest absolute Gasteiger partial charge is 0.506 e. The first kappa shape index (κ1) is 19.6. The lowest BCUT2D eigenvalue weighted by Crippen LogP contribution is -2.44. The summed E-state index contributed by atoms with van der Waals surface area (Å²) in [6, 6.07) is 8.23. The van der Waals surface area contributed by atoms with Crippen molar-refractivity contribution in [2.45, 2.75) is 85.1 Å². The van der Waals surface area contributed by atoms with Gasteiger partial charge in [0.05, 0.1) is 5.69 Å². The summed E-state index contributed by atoms with van der Waals surface area (Å²) in [5, 5.41) is 13.9. The fourth-order valence-corrected chi connectivity index (χ4v) is 6.18. The van der Waals surface area contributed by atoms with Crippen molar-refractivity contribution in [1.82, 2.24) is 0 Å². The summed E-state index contributed by atoms with van der Waals surface area (Å²) in [5.74, 6) is 3.67. The number of aromatic hydroxyl groups is 1. The molecule has 0 aromatic heterocycles. The number of phenolic OH excluding ortho intramolecular Hbond substituents is 1. The molecule has 0 heterocycles. The van der Waals surface area contributed by atoms with Gasteiger partial charge in [0.15, 0.2) is 0 Å². The highest BCUT2D eigenvalue weighted by atomic mass is 16.3. The highest BCUT2D eigenvalue weighted by Crippen LogP contribution is 2.58. The minimum atomic E-state index is 0.386. The second kappa shape index (κ2) is 8.23. The van der Waals surface area contributed by atoms with Crippen LogP contribution in [-0.2, 0) is 0 Å². The molecule has 0 aliphatic heterocycles. The number of rotatable bonds is 7. The molecule has 2 N–H and O–H groups in total. The normalized spacial score (nSPS) is 32.4. The van der Waals surface area contributed by atoms with E-state index in [1.54, 1.807) is 6.07 Å². The third-order valence-electron chi connectivity index (χ3n) is 7.57. The van der Waals surface area contributed by atoms with E-state index in [0.29, 0.717) is 17.2 Å². The SMILES string of the molecule is CC(C)CCC[C@@H](C)[C@H]1CC[C@H]2[C@@H](Nc3ccccc3O)CCC[C@]12C. The Labute approximate surface area is 160 Å². The Bertz CT molecular complexity index is 583. The molecular weight excluding hydrogens is 318 g/mol. The van der Waals surface area contributed by atoms with Gasteiger partial charge >= 0.3 is 0 Å². The molecule has 0 spiro atoms. The van der Waals surface area contributed by atoms with Crippen molar-refractivity contribution in [1.29, 1.82) is 0 Å². The van der Waals surface area contributed by atoms with E-state index in [1.165, 1.54) is 51.4 Å². The van der Waals surface area contributed by atoms with Gasteiger partial charge < -0.3 is 10.4 Å². The molecule has 2 heteroatoms. The Morgan fingerprint density at radius 3 is 2.62 bits per heavy atom.